The van der Waals surface area contributed by atoms with Gasteiger partial charge in [0.05, 0.1) is 15.9 Å². The molecule has 3 rings (SSSR count). The molecule has 106 valence electrons. The van der Waals surface area contributed by atoms with Crippen molar-refractivity contribution >= 4 is 9.84 Å². The average Bonchev–Trinajstić information content (AvgIpc) is 2.59. The van der Waals surface area contributed by atoms with Crippen LogP contribution in [0.25, 0.3) is 0 Å². The zero-order valence-corrected chi connectivity index (χ0v) is 12.3. The summed E-state index contributed by atoms with van der Waals surface area (Å²) in [5.41, 5.74) is 2.23. The highest BCUT2D eigenvalue weighted by atomic mass is 32.2. The molecule has 1 aromatic carbocycles. The van der Waals surface area contributed by atoms with E-state index >= 15 is 0 Å². The maximum Gasteiger partial charge on any atom is 0.206 e. The maximum atomic E-state index is 12.7. The van der Waals surface area contributed by atoms with E-state index in [4.69, 9.17) is 4.74 Å². The minimum atomic E-state index is -3.43. The molecular formula is C16H18O3S. The zero-order valence-electron chi connectivity index (χ0n) is 11.5. The second-order valence-electron chi connectivity index (χ2n) is 5.41. The van der Waals surface area contributed by atoms with Crippen LogP contribution in [0.4, 0.5) is 0 Å². The van der Waals surface area contributed by atoms with Crippen molar-refractivity contribution in [1.29, 1.82) is 0 Å². The predicted octanol–water partition coefficient (Wildman–Crippen LogP) is 3.16. The van der Waals surface area contributed by atoms with Gasteiger partial charge in [0, 0.05) is 6.61 Å². The van der Waals surface area contributed by atoms with Gasteiger partial charge in [0.1, 0.15) is 0 Å². The van der Waals surface area contributed by atoms with Crippen molar-refractivity contribution in [2.75, 3.05) is 6.61 Å². The molecule has 0 aromatic heterocycles. The van der Waals surface area contributed by atoms with E-state index in [1.54, 1.807) is 18.2 Å². The minimum absolute atomic E-state index is 0.0901. The Kier molecular flexibility index (Phi) is 3.52. The highest BCUT2D eigenvalue weighted by Crippen LogP contribution is 2.31. The SMILES string of the molecule is Cc1ccc(S(=O)(=O)C2=CC3CC(=C2)CCCO3)cc1. The molecule has 1 fully saturated rings. The number of fused-ring (bicyclic) bond motifs is 2. The lowest BCUT2D eigenvalue weighted by Crippen LogP contribution is -2.16. The van der Waals surface area contributed by atoms with Crippen LogP contribution in [0.1, 0.15) is 24.8 Å². The first kappa shape index (κ1) is 13.6. The monoisotopic (exact) mass is 290 g/mol. The Bertz CT molecular complexity index is 666. The lowest BCUT2D eigenvalue weighted by atomic mass is 10.00. The van der Waals surface area contributed by atoms with Gasteiger partial charge < -0.3 is 4.74 Å². The van der Waals surface area contributed by atoms with Crippen molar-refractivity contribution in [3.63, 3.8) is 0 Å². The Balaban J connectivity index is 2.01. The van der Waals surface area contributed by atoms with E-state index < -0.39 is 9.84 Å². The second kappa shape index (κ2) is 5.19. The van der Waals surface area contributed by atoms with Crippen LogP contribution in [0.3, 0.4) is 0 Å². The molecule has 0 spiro atoms. The van der Waals surface area contributed by atoms with Gasteiger partial charge in [-0.1, -0.05) is 23.3 Å². The highest BCUT2D eigenvalue weighted by molar-refractivity contribution is 7.95. The molecule has 1 aliphatic heterocycles. The van der Waals surface area contributed by atoms with Gasteiger partial charge in [0.2, 0.25) is 9.84 Å². The number of aryl methyl sites for hydroxylation is 1. The fourth-order valence-electron chi connectivity index (χ4n) is 2.64. The van der Waals surface area contributed by atoms with Crippen LogP contribution in [-0.2, 0) is 14.6 Å². The average molecular weight is 290 g/mol. The topological polar surface area (TPSA) is 43.4 Å². The number of hydrogen-bond donors (Lipinski definition) is 0. The molecule has 1 aromatic rings. The number of ether oxygens (including phenoxy) is 1. The van der Waals surface area contributed by atoms with Crippen LogP contribution in [0, 0.1) is 6.92 Å². The third-order valence-electron chi connectivity index (χ3n) is 3.78. The van der Waals surface area contributed by atoms with Crippen LogP contribution >= 0.6 is 0 Å². The summed E-state index contributed by atoms with van der Waals surface area (Å²) in [5, 5.41) is 0. The molecule has 0 N–H and O–H groups in total. The van der Waals surface area contributed by atoms with E-state index in [0.717, 1.165) is 24.8 Å². The summed E-state index contributed by atoms with van der Waals surface area (Å²) in [4.78, 5) is 0.736. The van der Waals surface area contributed by atoms with Gasteiger partial charge in [0.15, 0.2) is 0 Å². The molecule has 4 heteroatoms. The van der Waals surface area contributed by atoms with E-state index in [0.29, 0.717) is 16.4 Å². The Morgan fingerprint density at radius 1 is 1.20 bits per heavy atom. The van der Waals surface area contributed by atoms with Gasteiger partial charge in [-0.3, -0.25) is 0 Å². The van der Waals surface area contributed by atoms with Crippen LogP contribution in [0.15, 0.2) is 51.8 Å². The fourth-order valence-corrected chi connectivity index (χ4v) is 4.06. The smallest absolute Gasteiger partial charge is 0.206 e. The van der Waals surface area contributed by atoms with E-state index in [9.17, 15) is 8.42 Å². The number of benzene rings is 1. The molecule has 1 unspecified atom stereocenters. The second-order valence-corrected chi connectivity index (χ2v) is 7.35. The number of allylic oxidation sites excluding steroid dienone is 1. The Labute approximate surface area is 119 Å². The summed E-state index contributed by atoms with van der Waals surface area (Å²) in [6.07, 6.45) is 6.22. The first-order valence-corrected chi connectivity index (χ1v) is 8.39. The van der Waals surface area contributed by atoms with Gasteiger partial charge in [-0.15, -0.1) is 0 Å². The first-order chi connectivity index (χ1) is 9.55. The molecule has 1 saturated heterocycles. The van der Waals surface area contributed by atoms with Gasteiger partial charge in [-0.2, -0.15) is 0 Å². The first-order valence-electron chi connectivity index (χ1n) is 6.90. The van der Waals surface area contributed by atoms with Gasteiger partial charge in [-0.05, 0) is 50.5 Å². The van der Waals surface area contributed by atoms with Crippen molar-refractivity contribution in [2.45, 2.75) is 37.2 Å². The lowest BCUT2D eigenvalue weighted by molar-refractivity contribution is 0.0933. The Hall–Kier alpha value is -1.39. The minimum Gasteiger partial charge on any atom is -0.374 e. The summed E-state index contributed by atoms with van der Waals surface area (Å²) in [7, 11) is -3.43. The standard InChI is InChI=1S/C16H18O3S/c1-12-4-6-15(7-5-12)20(17,18)16-10-13-3-2-8-19-14(9-13)11-16/h4-7,10-11,14H,2-3,8-9H2,1H3. The molecule has 3 nitrogen and oxygen atoms in total. The molecule has 2 bridgehead atoms. The number of sulfone groups is 1. The van der Waals surface area contributed by atoms with Gasteiger partial charge in [0.25, 0.3) is 0 Å². The van der Waals surface area contributed by atoms with Crippen molar-refractivity contribution in [3.05, 3.63) is 52.5 Å². The van der Waals surface area contributed by atoms with Gasteiger partial charge in [-0.25, -0.2) is 8.42 Å². The summed E-state index contributed by atoms with van der Waals surface area (Å²) in [6, 6.07) is 6.99. The molecule has 20 heavy (non-hydrogen) atoms. The molecule has 1 atom stereocenters. The summed E-state index contributed by atoms with van der Waals surface area (Å²) < 4.78 is 31.0. The van der Waals surface area contributed by atoms with Gasteiger partial charge >= 0.3 is 0 Å². The number of hydrogen-bond acceptors (Lipinski definition) is 3. The molecule has 0 radical (unpaired) electrons. The molecular weight excluding hydrogens is 272 g/mol. The summed E-state index contributed by atoms with van der Waals surface area (Å²) >= 11 is 0. The van der Waals surface area contributed by atoms with Crippen molar-refractivity contribution in [1.82, 2.24) is 0 Å². The van der Waals surface area contributed by atoms with Crippen molar-refractivity contribution in [3.8, 4) is 0 Å². The normalized spacial score (nSPS) is 22.8. The van der Waals surface area contributed by atoms with Crippen LogP contribution in [0.2, 0.25) is 0 Å². The third-order valence-corrected chi connectivity index (χ3v) is 5.54. The van der Waals surface area contributed by atoms with E-state index in [-0.39, 0.29) is 6.10 Å². The maximum absolute atomic E-state index is 12.7. The Morgan fingerprint density at radius 3 is 2.70 bits per heavy atom. The molecule has 1 aliphatic carbocycles. The molecule has 1 heterocycles. The van der Waals surface area contributed by atoms with Crippen molar-refractivity contribution < 1.29 is 13.2 Å². The Morgan fingerprint density at radius 2 is 1.95 bits per heavy atom. The van der Waals surface area contributed by atoms with E-state index in [2.05, 4.69) is 0 Å². The number of rotatable bonds is 2. The molecule has 0 amide bonds. The summed E-state index contributed by atoms with van der Waals surface area (Å²) in [6.45, 7) is 2.65. The molecule has 0 saturated carbocycles. The van der Waals surface area contributed by atoms with Crippen LogP contribution in [0.5, 0.6) is 0 Å². The largest absolute Gasteiger partial charge is 0.374 e. The van der Waals surface area contributed by atoms with Crippen LogP contribution < -0.4 is 0 Å². The zero-order chi connectivity index (χ0) is 14.2. The van der Waals surface area contributed by atoms with Crippen LogP contribution in [-0.4, -0.2) is 21.1 Å². The fraction of sp³-hybridized carbons (Fsp3) is 0.375. The van der Waals surface area contributed by atoms with E-state index in [1.807, 2.05) is 25.1 Å². The highest BCUT2D eigenvalue weighted by Gasteiger charge is 2.26. The molecule has 2 aliphatic rings. The van der Waals surface area contributed by atoms with E-state index in [1.165, 1.54) is 5.57 Å². The lowest BCUT2D eigenvalue weighted by Gasteiger charge is -2.18. The summed E-state index contributed by atoms with van der Waals surface area (Å²) in [5.74, 6) is 0. The third kappa shape index (κ3) is 2.58. The quantitative estimate of drug-likeness (QED) is 0.840. The van der Waals surface area contributed by atoms with Crippen molar-refractivity contribution in [2.24, 2.45) is 0 Å². The predicted molar refractivity (Wildman–Crippen MR) is 78.1 cm³/mol.